The number of rotatable bonds is 2. The van der Waals surface area contributed by atoms with Gasteiger partial charge in [-0.15, -0.1) is 12.4 Å². The molecule has 2 fully saturated rings. The van der Waals surface area contributed by atoms with E-state index in [-0.39, 0.29) is 30.2 Å². The minimum atomic E-state index is -4.43. The lowest BCUT2D eigenvalue weighted by molar-refractivity contribution is -0.138. The molecule has 1 amide bonds. The Morgan fingerprint density at radius 2 is 1.70 bits per heavy atom. The Hall–Kier alpha value is -1.61. The van der Waals surface area contributed by atoms with Crippen LogP contribution in [0, 0.1) is 5.92 Å². The molecule has 2 saturated heterocycles. The third-order valence-electron chi connectivity index (χ3n) is 3.97. The van der Waals surface area contributed by atoms with E-state index in [4.69, 9.17) is 0 Å². The van der Waals surface area contributed by atoms with Crippen LogP contribution in [-0.2, 0) is 11.0 Å². The molecule has 1 aromatic heterocycles. The fourth-order valence-corrected chi connectivity index (χ4v) is 2.48. The van der Waals surface area contributed by atoms with Crippen LogP contribution in [0.5, 0.6) is 0 Å². The van der Waals surface area contributed by atoms with Crippen molar-refractivity contribution in [2.45, 2.75) is 6.18 Å². The first kappa shape index (κ1) is 17.7. The molecule has 0 aliphatic carbocycles. The number of carbonyl (C=O) groups is 1. The fraction of sp³-hybridized carbons (Fsp3) is 0.615. The number of anilines is 1. The number of halogens is 4. The summed E-state index contributed by atoms with van der Waals surface area (Å²) in [5.74, 6) is 0.478. The molecule has 23 heavy (non-hydrogen) atoms. The van der Waals surface area contributed by atoms with Crippen LogP contribution in [0.1, 0.15) is 5.56 Å². The Labute approximate surface area is 137 Å². The zero-order valence-corrected chi connectivity index (χ0v) is 13.0. The van der Waals surface area contributed by atoms with E-state index in [2.05, 4.69) is 15.3 Å². The number of nitrogens with one attached hydrogen (secondary N) is 1. The molecule has 1 aromatic rings. The number of hydrogen-bond acceptors (Lipinski definition) is 5. The molecule has 0 saturated carbocycles. The van der Waals surface area contributed by atoms with Crippen LogP contribution < -0.4 is 10.2 Å². The van der Waals surface area contributed by atoms with E-state index < -0.39 is 11.7 Å². The number of hydrogen-bond donors (Lipinski definition) is 1. The molecule has 0 atom stereocenters. The predicted octanol–water partition coefficient (Wildman–Crippen LogP) is 0.785. The Morgan fingerprint density at radius 1 is 1.13 bits per heavy atom. The van der Waals surface area contributed by atoms with Crippen molar-refractivity contribution in [1.82, 2.24) is 20.2 Å². The molecule has 6 nitrogen and oxygen atoms in total. The number of aromatic nitrogens is 2. The lowest BCUT2D eigenvalue weighted by atomic mass is 10.0. The van der Waals surface area contributed by atoms with Crippen molar-refractivity contribution in [2.75, 3.05) is 44.2 Å². The lowest BCUT2D eigenvalue weighted by Crippen LogP contribution is -2.56. The molecule has 1 N–H and O–H groups in total. The molecule has 2 aliphatic heterocycles. The van der Waals surface area contributed by atoms with Crippen molar-refractivity contribution in [2.24, 2.45) is 5.92 Å². The van der Waals surface area contributed by atoms with Gasteiger partial charge in [0.15, 0.2) is 0 Å². The second-order valence-electron chi connectivity index (χ2n) is 5.44. The second kappa shape index (κ2) is 6.88. The van der Waals surface area contributed by atoms with Crippen molar-refractivity contribution in [3.05, 3.63) is 18.0 Å². The molecule has 3 rings (SSSR count). The molecule has 0 spiro atoms. The van der Waals surface area contributed by atoms with E-state index in [1.165, 1.54) is 0 Å². The van der Waals surface area contributed by atoms with E-state index in [0.717, 1.165) is 25.5 Å². The second-order valence-corrected chi connectivity index (χ2v) is 5.44. The number of carbonyl (C=O) groups excluding carboxylic acids is 1. The maximum absolute atomic E-state index is 12.5. The number of nitrogens with zero attached hydrogens (tertiary/aromatic N) is 4. The largest absolute Gasteiger partial charge is 0.419 e. The van der Waals surface area contributed by atoms with E-state index in [1.54, 1.807) is 9.80 Å². The summed E-state index contributed by atoms with van der Waals surface area (Å²) in [4.78, 5) is 23.2. The summed E-state index contributed by atoms with van der Waals surface area (Å²) in [5, 5.41) is 3.06. The minimum Gasteiger partial charge on any atom is -0.339 e. The van der Waals surface area contributed by atoms with Crippen LogP contribution in [0.25, 0.3) is 0 Å². The number of alkyl halides is 3. The van der Waals surface area contributed by atoms with Gasteiger partial charge >= 0.3 is 6.18 Å². The Kier molecular flexibility index (Phi) is 5.30. The van der Waals surface area contributed by atoms with E-state index in [0.29, 0.717) is 26.2 Å². The van der Waals surface area contributed by atoms with Crippen LogP contribution in [0.15, 0.2) is 12.4 Å². The molecule has 0 bridgehead atoms. The highest BCUT2D eigenvalue weighted by Crippen LogP contribution is 2.28. The van der Waals surface area contributed by atoms with Gasteiger partial charge < -0.3 is 15.1 Å². The Morgan fingerprint density at radius 3 is 2.13 bits per heavy atom. The van der Waals surface area contributed by atoms with Crippen LogP contribution in [0.3, 0.4) is 0 Å². The van der Waals surface area contributed by atoms with E-state index in [9.17, 15) is 18.0 Å². The van der Waals surface area contributed by atoms with Gasteiger partial charge in [0, 0.05) is 51.7 Å². The highest BCUT2D eigenvalue weighted by molar-refractivity contribution is 5.85. The van der Waals surface area contributed by atoms with Crippen molar-refractivity contribution in [3.63, 3.8) is 0 Å². The monoisotopic (exact) mass is 351 g/mol. The maximum atomic E-state index is 12.5. The average molecular weight is 352 g/mol. The molecule has 0 unspecified atom stereocenters. The number of piperazine rings is 1. The van der Waals surface area contributed by atoms with Crippen molar-refractivity contribution >= 4 is 24.3 Å². The molecular formula is C13H17ClF3N5O. The molecule has 0 radical (unpaired) electrons. The van der Waals surface area contributed by atoms with Crippen LogP contribution in [0.2, 0.25) is 0 Å². The third kappa shape index (κ3) is 3.84. The standard InChI is InChI=1S/C13H16F3N5O.ClH/c14-13(15,16)10-7-18-12(19-8-10)21-3-1-20(2-4-21)11(22)9-5-17-6-9;/h7-9,17H,1-6H2;1H. The predicted molar refractivity (Wildman–Crippen MR) is 79.4 cm³/mol. The minimum absolute atomic E-state index is 0. The van der Waals surface area contributed by atoms with E-state index >= 15 is 0 Å². The molecule has 3 heterocycles. The van der Waals surface area contributed by atoms with Crippen molar-refractivity contribution in [1.29, 1.82) is 0 Å². The van der Waals surface area contributed by atoms with Crippen molar-refractivity contribution in [3.8, 4) is 0 Å². The molecule has 10 heteroatoms. The SMILES string of the molecule is Cl.O=C(C1CNC1)N1CCN(c2ncc(C(F)(F)F)cn2)CC1. The zero-order valence-electron chi connectivity index (χ0n) is 12.2. The van der Waals surface area contributed by atoms with E-state index in [1.807, 2.05) is 0 Å². The first-order valence-electron chi connectivity index (χ1n) is 7.09. The quantitative estimate of drug-likeness (QED) is 0.853. The third-order valence-corrected chi connectivity index (χ3v) is 3.97. The van der Waals surface area contributed by atoms with Gasteiger partial charge in [0.25, 0.3) is 0 Å². The Bertz CT molecular complexity index is 542. The van der Waals surface area contributed by atoms with Gasteiger partial charge in [0.2, 0.25) is 11.9 Å². The van der Waals surface area contributed by atoms with Crippen LogP contribution >= 0.6 is 12.4 Å². The summed E-state index contributed by atoms with van der Waals surface area (Å²) < 4.78 is 37.4. The highest BCUT2D eigenvalue weighted by atomic mass is 35.5. The van der Waals surface area contributed by atoms with Gasteiger partial charge in [0.05, 0.1) is 11.5 Å². The molecule has 0 aromatic carbocycles. The van der Waals surface area contributed by atoms with Crippen LogP contribution in [-0.4, -0.2) is 60.0 Å². The normalized spacial score (nSPS) is 19.1. The van der Waals surface area contributed by atoms with Gasteiger partial charge in [-0.1, -0.05) is 0 Å². The highest BCUT2D eigenvalue weighted by Gasteiger charge is 2.33. The van der Waals surface area contributed by atoms with Gasteiger partial charge in [-0.3, -0.25) is 4.79 Å². The van der Waals surface area contributed by atoms with Crippen molar-refractivity contribution < 1.29 is 18.0 Å². The van der Waals surface area contributed by atoms with Gasteiger partial charge in [-0.2, -0.15) is 13.2 Å². The maximum Gasteiger partial charge on any atom is 0.419 e. The van der Waals surface area contributed by atoms with Crippen LogP contribution in [0.4, 0.5) is 19.1 Å². The summed E-state index contributed by atoms with van der Waals surface area (Å²) >= 11 is 0. The summed E-state index contributed by atoms with van der Waals surface area (Å²) in [6.45, 7) is 3.58. The van der Waals surface area contributed by atoms with Gasteiger partial charge in [-0.05, 0) is 0 Å². The average Bonchev–Trinajstić information content (AvgIpc) is 2.45. The smallest absolute Gasteiger partial charge is 0.339 e. The number of amides is 1. The zero-order chi connectivity index (χ0) is 15.7. The van der Waals surface area contributed by atoms with Gasteiger partial charge in [-0.25, -0.2) is 9.97 Å². The summed E-state index contributed by atoms with van der Waals surface area (Å²) in [6, 6.07) is 0. The first-order valence-corrected chi connectivity index (χ1v) is 7.09. The molecular weight excluding hydrogens is 335 g/mol. The summed E-state index contributed by atoms with van der Waals surface area (Å²) in [5.41, 5.74) is -0.859. The first-order chi connectivity index (χ1) is 10.4. The summed E-state index contributed by atoms with van der Waals surface area (Å²) in [7, 11) is 0. The van der Waals surface area contributed by atoms with Gasteiger partial charge in [0.1, 0.15) is 0 Å². The fourth-order valence-electron chi connectivity index (χ4n) is 2.48. The molecule has 2 aliphatic rings. The molecule has 128 valence electrons. The lowest BCUT2D eigenvalue weighted by Gasteiger charge is -2.38. The topological polar surface area (TPSA) is 61.4 Å². The summed E-state index contributed by atoms with van der Waals surface area (Å²) in [6.07, 6.45) is -2.85. The Balaban J connectivity index is 0.00000192.